The Bertz CT molecular complexity index is 3150. The summed E-state index contributed by atoms with van der Waals surface area (Å²) in [5, 5.41) is 9.21. The number of amides is 1. The minimum Gasteiger partial charge on any atom is -0.369 e. The lowest BCUT2D eigenvalue weighted by molar-refractivity contribution is 0.0625. The van der Waals surface area contributed by atoms with Crippen molar-refractivity contribution < 1.29 is 22.4 Å². The number of hydrogen-bond donors (Lipinski definition) is 2. The Morgan fingerprint density at radius 1 is 0.515 bits per heavy atom. The predicted molar refractivity (Wildman–Crippen MR) is 254 cm³/mol. The highest BCUT2D eigenvalue weighted by molar-refractivity contribution is 5.94. The van der Waals surface area contributed by atoms with Crippen LogP contribution in [0.1, 0.15) is 27.6 Å². The number of benzene rings is 6. The standard InChI is InChI=1S/C54H45F4N9O/c55-43-10-4-8-37(26-43)50-52(62-48(60-50)33-64-16-20-66(21-17-64)47-14-12-35(32-59)13-15-47)41-24-39(28-45(57)30-41)40-25-42(31-46(58)29-40)53-51(38-9-5-11-44(56)27-38)61-49(63-53)34-65-18-22-67(23-19-65)54(68)36-6-2-1-3-7-36/h1-15,24-31H,16-23,33-34H2,(H,60,62)(H,61,63). The minimum absolute atomic E-state index is 0.0181. The molecule has 0 aliphatic carbocycles. The van der Waals surface area contributed by atoms with E-state index in [2.05, 4.69) is 30.7 Å². The number of imidazole rings is 2. The van der Waals surface area contributed by atoms with Crippen LogP contribution in [0.25, 0.3) is 56.2 Å². The molecule has 0 radical (unpaired) electrons. The summed E-state index contributed by atoms with van der Waals surface area (Å²) < 4.78 is 61.3. The van der Waals surface area contributed by atoms with Gasteiger partial charge in [0.25, 0.3) is 5.91 Å². The molecule has 0 unspecified atom stereocenters. The summed E-state index contributed by atoms with van der Waals surface area (Å²) >= 11 is 0. The molecule has 0 bridgehead atoms. The number of nitrogens with zero attached hydrogens (tertiary/aromatic N) is 7. The molecule has 8 aromatic rings. The monoisotopic (exact) mass is 911 g/mol. The molecule has 14 heteroatoms. The molecule has 6 aromatic carbocycles. The van der Waals surface area contributed by atoms with Crippen molar-refractivity contribution in [2.45, 2.75) is 13.1 Å². The summed E-state index contributed by atoms with van der Waals surface area (Å²) in [5.74, 6) is -0.868. The maximum Gasteiger partial charge on any atom is 0.253 e. The average Bonchev–Trinajstić information content (AvgIpc) is 3.99. The van der Waals surface area contributed by atoms with Gasteiger partial charge in [0.2, 0.25) is 0 Å². The number of rotatable bonds is 11. The van der Waals surface area contributed by atoms with Gasteiger partial charge in [-0.1, -0.05) is 42.5 Å². The molecule has 1 amide bonds. The molecular weight excluding hydrogens is 867 g/mol. The second-order valence-corrected chi connectivity index (χ2v) is 17.1. The summed E-state index contributed by atoms with van der Waals surface area (Å²) in [7, 11) is 0. The number of aromatic nitrogens is 4. The van der Waals surface area contributed by atoms with Crippen LogP contribution in [0.15, 0.2) is 140 Å². The quantitative estimate of drug-likeness (QED) is 0.124. The average molecular weight is 912 g/mol. The van der Waals surface area contributed by atoms with Gasteiger partial charge in [-0.3, -0.25) is 14.6 Å². The van der Waals surface area contributed by atoms with Crippen LogP contribution >= 0.6 is 0 Å². The fourth-order valence-electron chi connectivity index (χ4n) is 9.11. The number of H-pyrrole nitrogens is 2. The van der Waals surface area contributed by atoms with Crippen LogP contribution in [-0.4, -0.2) is 92.9 Å². The van der Waals surface area contributed by atoms with E-state index in [-0.39, 0.29) is 5.91 Å². The number of aromatic amines is 2. The zero-order chi connectivity index (χ0) is 46.7. The lowest BCUT2D eigenvalue weighted by Gasteiger charge is -2.35. The van der Waals surface area contributed by atoms with Crippen molar-refractivity contribution in [3.05, 3.63) is 186 Å². The Hall–Kier alpha value is -7.86. The van der Waals surface area contributed by atoms with Crippen LogP contribution in [0.2, 0.25) is 0 Å². The summed E-state index contributed by atoms with van der Waals surface area (Å²) in [6.07, 6.45) is 0. The number of hydrogen-bond acceptors (Lipinski definition) is 7. The van der Waals surface area contributed by atoms with Gasteiger partial charge in [-0.15, -0.1) is 0 Å². The third kappa shape index (κ3) is 9.67. The molecule has 10 rings (SSSR count). The van der Waals surface area contributed by atoms with E-state index in [0.29, 0.717) is 118 Å². The van der Waals surface area contributed by atoms with Gasteiger partial charge in [0.1, 0.15) is 34.9 Å². The molecule has 2 N–H and O–H groups in total. The van der Waals surface area contributed by atoms with E-state index in [1.54, 1.807) is 36.4 Å². The fraction of sp³-hybridized carbons (Fsp3) is 0.185. The van der Waals surface area contributed by atoms with Crippen molar-refractivity contribution in [1.29, 1.82) is 5.26 Å². The zero-order valence-electron chi connectivity index (χ0n) is 36.9. The Morgan fingerprint density at radius 3 is 1.62 bits per heavy atom. The second-order valence-electron chi connectivity index (χ2n) is 17.1. The highest BCUT2D eigenvalue weighted by Gasteiger charge is 2.26. The number of halogens is 4. The number of nitrogens with one attached hydrogen (secondary N) is 2. The maximum absolute atomic E-state index is 15.9. The van der Waals surface area contributed by atoms with Crippen LogP contribution in [0, 0.1) is 34.6 Å². The van der Waals surface area contributed by atoms with Gasteiger partial charge in [-0.2, -0.15) is 5.26 Å². The van der Waals surface area contributed by atoms with E-state index in [1.807, 2.05) is 59.5 Å². The largest absolute Gasteiger partial charge is 0.369 e. The number of anilines is 1. The molecule has 2 aromatic heterocycles. The molecule has 10 nitrogen and oxygen atoms in total. The molecule has 340 valence electrons. The van der Waals surface area contributed by atoms with E-state index in [4.69, 9.17) is 9.97 Å². The van der Waals surface area contributed by atoms with Gasteiger partial charge in [0.05, 0.1) is 47.5 Å². The number of piperazine rings is 2. The Kier molecular flexibility index (Phi) is 12.4. The lowest BCUT2D eigenvalue weighted by Crippen LogP contribution is -2.48. The zero-order valence-corrected chi connectivity index (χ0v) is 36.9. The van der Waals surface area contributed by atoms with E-state index in [1.165, 1.54) is 48.5 Å². The summed E-state index contributed by atoms with van der Waals surface area (Å²) in [4.78, 5) is 38.4. The molecule has 0 atom stereocenters. The van der Waals surface area contributed by atoms with E-state index in [9.17, 15) is 18.8 Å². The molecule has 2 aliphatic rings. The highest BCUT2D eigenvalue weighted by Crippen LogP contribution is 2.38. The summed E-state index contributed by atoms with van der Waals surface area (Å²) in [6, 6.07) is 40.0. The van der Waals surface area contributed by atoms with E-state index < -0.39 is 23.3 Å². The van der Waals surface area contributed by atoms with Crippen LogP contribution in [0.5, 0.6) is 0 Å². The van der Waals surface area contributed by atoms with Crippen LogP contribution in [-0.2, 0) is 13.1 Å². The SMILES string of the molecule is N#Cc1ccc(N2CCN(Cc3nc(-c4cccc(F)c4)c(-c4cc(F)cc(-c5cc(F)cc(-c6nc(CN7CCN(C(=O)c8ccccc8)CC7)[nH]c6-c6cccc(F)c6)c5)c4)[nH]3)CC2)cc1. The first-order valence-electron chi connectivity index (χ1n) is 22.5. The van der Waals surface area contributed by atoms with Crippen LogP contribution < -0.4 is 4.90 Å². The van der Waals surface area contributed by atoms with Crippen molar-refractivity contribution in [3.63, 3.8) is 0 Å². The smallest absolute Gasteiger partial charge is 0.253 e. The van der Waals surface area contributed by atoms with Gasteiger partial charge >= 0.3 is 0 Å². The maximum atomic E-state index is 15.9. The predicted octanol–water partition coefficient (Wildman–Crippen LogP) is 10.2. The van der Waals surface area contributed by atoms with E-state index in [0.717, 1.165) is 31.9 Å². The number of carbonyl (C=O) groups is 1. The fourth-order valence-corrected chi connectivity index (χ4v) is 9.11. The molecule has 2 fully saturated rings. The van der Waals surface area contributed by atoms with Crippen molar-refractivity contribution in [1.82, 2.24) is 34.6 Å². The summed E-state index contributed by atoms with van der Waals surface area (Å²) in [6.45, 7) is 6.14. The van der Waals surface area contributed by atoms with E-state index >= 15 is 8.78 Å². The van der Waals surface area contributed by atoms with Gasteiger partial charge in [0.15, 0.2) is 0 Å². The third-order valence-corrected chi connectivity index (χ3v) is 12.6. The molecule has 2 saturated heterocycles. The number of carbonyl (C=O) groups excluding carboxylic acids is 1. The first-order valence-corrected chi connectivity index (χ1v) is 22.5. The Morgan fingerprint density at radius 2 is 1.01 bits per heavy atom. The van der Waals surface area contributed by atoms with Crippen LogP contribution in [0.3, 0.4) is 0 Å². The van der Waals surface area contributed by atoms with Crippen molar-refractivity contribution in [2.24, 2.45) is 0 Å². The van der Waals surface area contributed by atoms with Gasteiger partial charge < -0.3 is 19.8 Å². The lowest BCUT2D eigenvalue weighted by atomic mass is 9.96. The third-order valence-electron chi connectivity index (χ3n) is 12.6. The van der Waals surface area contributed by atoms with Gasteiger partial charge in [-0.05, 0) is 108 Å². The Labute approximate surface area is 390 Å². The first-order chi connectivity index (χ1) is 33.1. The van der Waals surface area contributed by atoms with Crippen molar-refractivity contribution in [2.75, 3.05) is 57.3 Å². The topological polar surface area (TPSA) is 111 Å². The Balaban J connectivity index is 0.936. The molecule has 68 heavy (non-hydrogen) atoms. The second kappa shape index (κ2) is 19.2. The summed E-state index contributed by atoms with van der Waals surface area (Å²) in [5.41, 5.74) is 6.73. The molecule has 2 aliphatic heterocycles. The first kappa shape index (κ1) is 44.0. The number of nitriles is 1. The molecular formula is C54H45F4N9O. The van der Waals surface area contributed by atoms with Crippen molar-refractivity contribution >= 4 is 11.6 Å². The minimum atomic E-state index is -0.583. The molecule has 0 spiro atoms. The highest BCUT2D eigenvalue weighted by atomic mass is 19.1. The molecule has 0 saturated carbocycles. The van der Waals surface area contributed by atoms with Crippen molar-refractivity contribution in [3.8, 4) is 62.2 Å². The van der Waals surface area contributed by atoms with Gasteiger partial charge in [0, 0.05) is 85.9 Å². The molecule has 4 heterocycles. The normalized spacial score (nSPS) is 14.6. The van der Waals surface area contributed by atoms with Crippen LogP contribution in [0.4, 0.5) is 23.2 Å². The van der Waals surface area contributed by atoms with Gasteiger partial charge in [-0.25, -0.2) is 27.5 Å².